The predicted molar refractivity (Wildman–Crippen MR) is 86.0 cm³/mol. The summed E-state index contributed by atoms with van der Waals surface area (Å²) in [6, 6.07) is -0.612. The molecule has 0 aromatic heterocycles. The van der Waals surface area contributed by atoms with Crippen molar-refractivity contribution in [1.82, 2.24) is 9.62 Å². The van der Waals surface area contributed by atoms with E-state index in [0.29, 0.717) is 25.8 Å². The van der Waals surface area contributed by atoms with E-state index in [0.717, 1.165) is 44.9 Å². The molecule has 1 saturated heterocycles. The van der Waals surface area contributed by atoms with Gasteiger partial charge in [-0.05, 0) is 38.5 Å². The fourth-order valence-corrected chi connectivity index (χ4v) is 5.74. The molecular formula is C16H26N2O4S. The maximum Gasteiger partial charge on any atom is 0.256 e. The molecule has 0 aromatic rings. The number of hydrogen-bond acceptors (Lipinski definition) is 4. The summed E-state index contributed by atoms with van der Waals surface area (Å²) in [5, 5.41) is -0.452. The van der Waals surface area contributed by atoms with E-state index in [-0.39, 0.29) is 11.8 Å². The monoisotopic (exact) mass is 342 g/mol. The standard InChI is InChI=1S/C16H26N2O4S/c19-15(17-23(21,22)13-8-3-4-9-13)14-10-5-11-18(14)16(20)12-6-1-2-7-12/h12-14H,1-11H2,(H,17,19)/t14-/m1/s1. The lowest BCUT2D eigenvalue weighted by Crippen LogP contribution is -2.50. The van der Waals surface area contributed by atoms with E-state index in [4.69, 9.17) is 0 Å². The molecule has 3 rings (SSSR count). The molecule has 1 aliphatic heterocycles. The topological polar surface area (TPSA) is 83.6 Å². The summed E-state index contributed by atoms with van der Waals surface area (Å²) in [6.45, 7) is 0.566. The third-order valence-electron chi connectivity index (χ3n) is 5.53. The number of nitrogens with zero attached hydrogens (tertiary/aromatic N) is 1. The molecule has 2 aliphatic carbocycles. The molecule has 1 heterocycles. The Hall–Kier alpha value is -1.11. The molecule has 0 bridgehead atoms. The van der Waals surface area contributed by atoms with Gasteiger partial charge in [-0.1, -0.05) is 25.7 Å². The van der Waals surface area contributed by atoms with Crippen molar-refractivity contribution in [3.63, 3.8) is 0 Å². The number of hydrogen-bond donors (Lipinski definition) is 1. The minimum absolute atomic E-state index is 0.0230. The molecule has 1 N–H and O–H groups in total. The van der Waals surface area contributed by atoms with Crippen LogP contribution in [0.5, 0.6) is 0 Å². The van der Waals surface area contributed by atoms with Gasteiger partial charge in [0.05, 0.1) is 5.25 Å². The predicted octanol–water partition coefficient (Wildman–Crippen LogP) is 1.56. The van der Waals surface area contributed by atoms with Gasteiger partial charge < -0.3 is 4.90 Å². The Bertz CT molecular complexity index is 563. The van der Waals surface area contributed by atoms with E-state index < -0.39 is 27.2 Å². The molecule has 0 radical (unpaired) electrons. The third kappa shape index (κ3) is 3.54. The molecule has 2 saturated carbocycles. The first-order valence-electron chi connectivity index (χ1n) is 8.85. The van der Waals surface area contributed by atoms with Crippen molar-refractivity contribution in [3.8, 4) is 0 Å². The molecule has 0 unspecified atom stereocenters. The fraction of sp³-hybridized carbons (Fsp3) is 0.875. The summed E-state index contributed by atoms with van der Waals surface area (Å²) >= 11 is 0. The average Bonchev–Trinajstić information content (AvgIpc) is 3.26. The summed E-state index contributed by atoms with van der Waals surface area (Å²) in [5.41, 5.74) is 0. The van der Waals surface area contributed by atoms with Gasteiger partial charge in [0.1, 0.15) is 6.04 Å². The van der Waals surface area contributed by atoms with E-state index in [1.165, 1.54) is 0 Å². The summed E-state index contributed by atoms with van der Waals surface area (Å²) in [6.07, 6.45) is 8.29. The molecule has 1 atom stereocenters. The number of carbonyl (C=O) groups is 2. The van der Waals surface area contributed by atoms with Crippen LogP contribution in [0.2, 0.25) is 0 Å². The van der Waals surface area contributed by atoms with Gasteiger partial charge >= 0.3 is 0 Å². The molecular weight excluding hydrogens is 316 g/mol. The molecule has 3 fully saturated rings. The molecule has 23 heavy (non-hydrogen) atoms. The number of sulfonamides is 1. The summed E-state index contributed by atoms with van der Waals surface area (Å²) in [4.78, 5) is 26.7. The molecule has 0 aromatic carbocycles. The van der Waals surface area contributed by atoms with E-state index >= 15 is 0 Å². The SMILES string of the molecule is O=C(NS(=O)(=O)C1CCCC1)[C@H]1CCCN1C(=O)C1CCCC1. The lowest BCUT2D eigenvalue weighted by molar-refractivity contribution is -0.140. The van der Waals surface area contributed by atoms with Crippen molar-refractivity contribution in [3.05, 3.63) is 0 Å². The van der Waals surface area contributed by atoms with Crippen LogP contribution in [0, 0.1) is 5.92 Å². The van der Waals surface area contributed by atoms with Crippen LogP contribution in [0.25, 0.3) is 0 Å². The van der Waals surface area contributed by atoms with Crippen molar-refractivity contribution in [1.29, 1.82) is 0 Å². The normalized spacial score (nSPS) is 26.8. The zero-order valence-corrected chi connectivity index (χ0v) is 14.3. The van der Waals surface area contributed by atoms with Gasteiger partial charge in [-0.15, -0.1) is 0 Å². The second-order valence-electron chi connectivity index (χ2n) is 7.09. The average molecular weight is 342 g/mol. The summed E-state index contributed by atoms with van der Waals surface area (Å²) in [7, 11) is -3.60. The number of nitrogens with one attached hydrogen (secondary N) is 1. The molecule has 2 amide bonds. The van der Waals surface area contributed by atoms with Gasteiger partial charge in [0.25, 0.3) is 5.91 Å². The molecule has 3 aliphatic rings. The number of likely N-dealkylation sites (tertiary alicyclic amines) is 1. The van der Waals surface area contributed by atoms with E-state index in [1.807, 2.05) is 0 Å². The molecule has 0 spiro atoms. The highest BCUT2D eigenvalue weighted by Gasteiger charge is 2.40. The summed E-state index contributed by atoms with van der Waals surface area (Å²) in [5.74, 6) is -0.450. The molecule has 6 nitrogen and oxygen atoms in total. The Labute approximate surface area is 138 Å². The zero-order chi connectivity index (χ0) is 16.4. The van der Waals surface area contributed by atoms with Crippen molar-refractivity contribution < 1.29 is 18.0 Å². The first-order valence-corrected chi connectivity index (χ1v) is 10.4. The Morgan fingerprint density at radius 3 is 2.13 bits per heavy atom. The smallest absolute Gasteiger partial charge is 0.256 e. The second kappa shape index (κ2) is 6.79. The lowest BCUT2D eigenvalue weighted by atomic mass is 10.1. The van der Waals surface area contributed by atoms with Gasteiger partial charge in [0, 0.05) is 12.5 Å². The maximum absolute atomic E-state index is 12.6. The van der Waals surface area contributed by atoms with Crippen molar-refractivity contribution in [2.75, 3.05) is 6.54 Å². The van der Waals surface area contributed by atoms with Gasteiger partial charge in [-0.2, -0.15) is 0 Å². The first kappa shape index (κ1) is 16.7. The molecule has 7 heteroatoms. The first-order chi connectivity index (χ1) is 11.0. The van der Waals surface area contributed by atoms with Gasteiger partial charge in [0.15, 0.2) is 0 Å². The maximum atomic E-state index is 12.6. The van der Waals surface area contributed by atoms with Crippen LogP contribution >= 0.6 is 0 Å². The van der Waals surface area contributed by atoms with Gasteiger partial charge in [-0.3, -0.25) is 14.3 Å². The Balaban J connectivity index is 1.64. The Morgan fingerprint density at radius 2 is 1.48 bits per heavy atom. The van der Waals surface area contributed by atoms with Crippen LogP contribution in [0.3, 0.4) is 0 Å². The fourth-order valence-electron chi connectivity index (χ4n) is 4.20. The highest BCUT2D eigenvalue weighted by molar-refractivity contribution is 7.90. The van der Waals surface area contributed by atoms with Gasteiger partial charge in [-0.25, -0.2) is 8.42 Å². The van der Waals surface area contributed by atoms with E-state index in [2.05, 4.69) is 4.72 Å². The number of rotatable bonds is 4. The van der Waals surface area contributed by atoms with Gasteiger partial charge in [0.2, 0.25) is 15.9 Å². The second-order valence-corrected chi connectivity index (χ2v) is 9.05. The quantitative estimate of drug-likeness (QED) is 0.840. The van der Waals surface area contributed by atoms with Crippen LogP contribution in [-0.4, -0.2) is 43.0 Å². The highest BCUT2D eigenvalue weighted by atomic mass is 32.2. The largest absolute Gasteiger partial charge is 0.330 e. The van der Waals surface area contributed by atoms with Crippen molar-refractivity contribution in [2.45, 2.75) is 75.5 Å². The zero-order valence-electron chi connectivity index (χ0n) is 13.5. The van der Waals surface area contributed by atoms with Crippen LogP contribution < -0.4 is 4.72 Å². The Morgan fingerprint density at radius 1 is 0.870 bits per heavy atom. The molecule has 130 valence electrons. The van der Waals surface area contributed by atoms with Crippen LogP contribution in [-0.2, 0) is 19.6 Å². The van der Waals surface area contributed by atoms with E-state index in [9.17, 15) is 18.0 Å². The van der Waals surface area contributed by atoms with Crippen molar-refractivity contribution in [2.24, 2.45) is 5.92 Å². The third-order valence-corrected chi connectivity index (χ3v) is 7.36. The van der Waals surface area contributed by atoms with E-state index in [1.54, 1.807) is 4.90 Å². The van der Waals surface area contributed by atoms with Crippen LogP contribution in [0.1, 0.15) is 64.2 Å². The van der Waals surface area contributed by atoms with Crippen molar-refractivity contribution >= 4 is 21.8 Å². The Kier molecular flexibility index (Phi) is 4.94. The van der Waals surface area contributed by atoms with Crippen LogP contribution in [0.4, 0.5) is 0 Å². The minimum Gasteiger partial charge on any atom is -0.330 e. The lowest BCUT2D eigenvalue weighted by Gasteiger charge is -2.27. The minimum atomic E-state index is -3.60. The summed E-state index contributed by atoms with van der Waals surface area (Å²) < 4.78 is 26.8. The number of amides is 2. The highest BCUT2D eigenvalue weighted by Crippen LogP contribution is 2.30. The number of carbonyl (C=O) groups excluding carboxylic acids is 2. The van der Waals surface area contributed by atoms with Crippen LogP contribution in [0.15, 0.2) is 0 Å².